The van der Waals surface area contributed by atoms with Gasteiger partial charge in [-0.15, -0.1) is 0 Å². The maximum absolute atomic E-state index is 12.7. The van der Waals surface area contributed by atoms with Gasteiger partial charge in [0, 0.05) is 31.6 Å². The smallest absolute Gasteiger partial charge is 0.253 e. The fourth-order valence-corrected chi connectivity index (χ4v) is 3.97. The zero-order valence-corrected chi connectivity index (χ0v) is 16.3. The predicted molar refractivity (Wildman–Crippen MR) is 109 cm³/mol. The first-order chi connectivity index (χ1) is 13.6. The Morgan fingerprint density at radius 3 is 2.68 bits per heavy atom. The molecule has 4 rings (SSSR count). The molecule has 2 aromatic carbocycles. The van der Waals surface area contributed by atoms with Gasteiger partial charge in [0.25, 0.3) is 5.91 Å². The van der Waals surface area contributed by atoms with Gasteiger partial charge >= 0.3 is 0 Å². The molecule has 0 bridgehead atoms. The number of morpholine rings is 1. The van der Waals surface area contributed by atoms with Crippen LogP contribution >= 0.6 is 0 Å². The average molecular weight is 378 g/mol. The number of nitrogens with zero attached hydrogens (tertiary/aromatic N) is 2. The second kappa shape index (κ2) is 8.12. The number of ether oxygens (including phenoxy) is 1. The van der Waals surface area contributed by atoms with Gasteiger partial charge in [-0.05, 0) is 31.0 Å². The van der Waals surface area contributed by atoms with Crippen molar-refractivity contribution in [3.63, 3.8) is 0 Å². The number of carbonyl (C=O) groups excluding carboxylic acids is 1. The number of H-pyrrole nitrogens is 1. The maximum Gasteiger partial charge on any atom is 0.253 e. The molecule has 1 aromatic heterocycles. The second-order valence-electron chi connectivity index (χ2n) is 7.54. The monoisotopic (exact) mass is 378 g/mol. The van der Waals surface area contributed by atoms with Gasteiger partial charge in [0.15, 0.2) is 0 Å². The Hall–Kier alpha value is -2.70. The largest absolute Gasteiger partial charge is 0.373 e. The highest BCUT2D eigenvalue weighted by Crippen LogP contribution is 2.18. The maximum atomic E-state index is 12.7. The summed E-state index contributed by atoms with van der Waals surface area (Å²) in [5, 5.41) is 10.9. The summed E-state index contributed by atoms with van der Waals surface area (Å²) >= 11 is 0. The summed E-state index contributed by atoms with van der Waals surface area (Å²) in [5.74, 6) is -0.0988. The molecule has 1 saturated heterocycles. The van der Waals surface area contributed by atoms with Gasteiger partial charge in [-0.25, -0.2) is 0 Å². The molecular formula is C22H26N4O2. The van der Waals surface area contributed by atoms with Gasteiger partial charge in [0.05, 0.1) is 29.5 Å². The molecule has 1 amide bonds. The number of carbonyl (C=O) groups is 1. The lowest BCUT2D eigenvalue weighted by Gasteiger charge is -2.35. The van der Waals surface area contributed by atoms with Crippen LogP contribution in [0.3, 0.4) is 0 Å². The van der Waals surface area contributed by atoms with Crippen LogP contribution in [-0.4, -0.2) is 46.3 Å². The Labute approximate surface area is 164 Å². The quantitative estimate of drug-likeness (QED) is 0.716. The minimum atomic E-state index is -0.0988. The molecule has 2 atom stereocenters. The lowest BCUT2D eigenvalue weighted by atomic mass is 10.1. The van der Waals surface area contributed by atoms with E-state index in [1.54, 1.807) is 6.20 Å². The molecule has 0 radical (unpaired) electrons. The Morgan fingerprint density at radius 1 is 1.14 bits per heavy atom. The summed E-state index contributed by atoms with van der Waals surface area (Å²) in [6, 6.07) is 13.9. The van der Waals surface area contributed by atoms with E-state index in [2.05, 4.69) is 52.5 Å². The summed E-state index contributed by atoms with van der Waals surface area (Å²) in [7, 11) is 0. The number of hydrogen-bond donors (Lipinski definition) is 2. The van der Waals surface area contributed by atoms with Crippen LogP contribution in [0, 0.1) is 0 Å². The van der Waals surface area contributed by atoms with Crippen LogP contribution in [0.4, 0.5) is 0 Å². The fraction of sp³-hybridized carbons (Fsp3) is 0.364. The number of para-hydroxylation sites is 1. The van der Waals surface area contributed by atoms with Crippen molar-refractivity contribution in [3.8, 4) is 0 Å². The summed E-state index contributed by atoms with van der Waals surface area (Å²) in [6.45, 7) is 7.44. The van der Waals surface area contributed by atoms with Crippen molar-refractivity contribution in [3.05, 3.63) is 65.4 Å². The first-order valence-electron chi connectivity index (χ1n) is 9.75. The van der Waals surface area contributed by atoms with Crippen LogP contribution in [0.5, 0.6) is 0 Å². The molecule has 6 nitrogen and oxygen atoms in total. The standard InChI is InChI=1S/C22H26N4O2/c1-15-12-26(13-16(2)28-15)14-19-7-4-3-6-17(19)10-23-22(27)20-9-5-8-18-11-24-25-21(18)20/h3-9,11,15-16H,10,12-14H2,1-2H3,(H,23,27)(H,24,25)/t15-,16-/m1/s1. The summed E-state index contributed by atoms with van der Waals surface area (Å²) < 4.78 is 5.83. The zero-order chi connectivity index (χ0) is 19.5. The number of nitrogens with one attached hydrogen (secondary N) is 2. The third-order valence-corrected chi connectivity index (χ3v) is 5.17. The van der Waals surface area contributed by atoms with Crippen molar-refractivity contribution in [1.29, 1.82) is 0 Å². The van der Waals surface area contributed by atoms with Crippen molar-refractivity contribution in [2.45, 2.75) is 39.1 Å². The SMILES string of the molecule is C[C@@H]1CN(Cc2ccccc2CNC(=O)c2cccc3cn[nH]c23)C[C@@H](C)O1. The number of aromatic nitrogens is 2. The van der Waals surface area contributed by atoms with Crippen LogP contribution in [0.1, 0.15) is 35.3 Å². The van der Waals surface area contributed by atoms with Crippen molar-refractivity contribution >= 4 is 16.8 Å². The lowest BCUT2D eigenvalue weighted by molar-refractivity contribution is -0.0705. The van der Waals surface area contributed by atoms with E-state index in [0.717, 1.165) is 36.1 Å². The summed E-state index contributed by atoms with van der Waals surface area (Å²) in [5.41, 5.74) is 3.76. The van der Waals surface area contributed by atoms with Crippen LogP contribution < -0.4 is 5.32 Å². The van der Waals surface area contributed by atoms with Crippen LogP contribution in [0.2, 0.25) is 0 Å². The third kappa shape index (κ3) is 4.08. The number of hydrogen-bond acceptors (Lipinski definition) is 4. The van der Waals surface area contributed by atoms with Crippen molar-refractivity contribution in [2.24, 2.45) is 0 Å². The van der Waals surface area contributed by atoms with Crippen LogP contribution in [-0.2, 0) is 17.8 Å². The molecule has 146 valence electrons. The van der Waals surface area contributed by atoms with E-state index in [1.165, 1.54) is 5.56 Å². The molecule has 1 aliphatic rings. The van der Waals surface area contributed by atoms with Gasteiger partial charge in [-0.1, -0.05) is 36.4 Å². The molecular weight excluding hydrogens is 352 g/mol. The molecule has 1 aliphatic heterocycles. The van der Waals surface area contributed by atoms with Gasteiger partial charge in [-0.2, -0.15) is 5.10 Å². The highest BCUT2D eigenvalue weighted by Gasteiger charge is 2.22. The number of benzene rings is 2. The topological polar surface area (TPSA) is 70.2 Å². The van der Waals surface area contributed by atoms with E-state index in [4.69, 9.17) is 4.74 Å². The predicted octanol–water partition coefficient (Wildman–Crippen LogP) is 3.10. The van der Waals surface area contributed by atoms with Crippen molar-refractivity contribution < 1.29 is 9.53 Å². The molecule has 0 aliphatic carbocycles. The average Bonchev–Trinajstić information content (AvgIpc) is 3.15. The van der Waals surface area contributed by atoms with Gasteiger partial charge in [0.1, 0.15) is 0 Å². The van der Waals surface area contributed by atoms with Gasteiger partial charge in [-0.3, -0.25) is 14.8 Å². The normalized spacial score (nSPS) is 20.4. The number of rotatable bonds is 5. The number of aromatic amines is 1. The molecule has 0 unspecified atom stereocenters. The molecule has 28 heavy (non-hydrogen) atoms. The van der Waals surface area contributed by atoms with Crippen LogP contribution in [0.25, 0.3) is 10.9 Å². The molecule has 6 heteroatoms. The van der Waals surface area contributed by atoms with Crippen molar-refractivity contribution in [1.82, 2.24) is 20.4 Å². The van der Waals surface area contributed by atoms with E-state index in [0.29, 0.717) is 12.1 Å². The molecule has 2 N–H and O–H groups in total. The Kier molecular flexibility index (Phi) is 5.41. The molecule has 0 spiro atoms. The Bertz CT molecular complexity index is 958. The van der Waals surface area contributed by atoms with E-state index in [-0.39, 0.29) is 18.1 Å². The molecule has 1 fully saturated rings. The highest BCUT2D eigenvalue weighted by molar-refractivity contribution is 6.05. The molecule has 3 aromatic rings. The minimum absolute atomic E-state index is 0.0988. The van der Waals surface area contributed by atoms with Gasteiger partial charge < -0.3 is 10.1 Å². The van der Waals surface area contributed by atoms with E-state index < -0.39 is 0 Å². The van der Waals surface area contributed by atoms with Crippen LogP contribution in [0.15, 0.2) is 48.7 Å². The summed E-state index contributed by atoms with van der Waals surface area (Å²) in [6.07, 6.45) is 2.21. The second-order valence-corrected chi connectivity index (χ2v) is 7.54. The van der Waals surface area contributed by atoms with E-state index in [1.807, 2.05) is 24.3 Å². The fourth-order valence-electron chi connectivity index (χ4n) is 3.97. The highest BCUT2D eigenvalue weighted by atomic mass is 16.5. The third-order valence-electron chi connectivity index (χ3n) is 5.17. The van der Waals surface area contributed by atoms with E-state index in [9.17, 15) is 4.79 Å². The number of amides is 1. The molecule has 2 heterocycles. The first kappa shape index (κ1) is 18.7. The summed E-state index contributed by atoms with van der Waals surface area (Å²) in [4.78, 5) is 15.2. The molecule has 0 saturated carbocycles. The zero-order valence-electron chi connectivity index (χ0n) is 16.3. The van der Waals surface area contributed by atoms with E-state index >= 15 is 0 Å². The van der Waals surface area contributed by atoms with Crippen molar-refractivity contribution in [2.75, 3.05) is 13.1 Å². The Balaban J connectivity index is 1.45. The van der Waals surface area contributed by atoms with Gasteiger partial charge in [0.2, 0.25) is 0 Å². The lowest BCUT2D eigenvalue weighted by Crippen LogP contribution is -2.45. The Morgan fingerprint density at radius 2 is 1.89 bits per heavy atom. The first-order valence-corrected chi connectivity index (χ1v) is 9.75. The number of fused-ring (bicyclic) bond motifs is 1. The minimum Gasteiger partial charge on any atom is -0.373 e.